The van der Waals surface area contributed by atoms with Crippen LogP contribution in [-0.4, -0.2) is 39.7 Å². The maximum absolute atomic E-state index is 5.49. The number of anilines is 1. The molecule has 6 heteroatoms. The van der Waals surface area contributed by atoms with Crippen molar-refractivity contribution >= 4 is 11.5 Å². The molecule has 2 N–H and O–H groups in total. The van der Waals surface area contributed by atoms with Crippen molar-refractivity contribution in [2.24, 2.45) is 5.73 Å². The van der Waals surface area contributed by atoms with Crippen LogP contribution >= 0.6 is 0 Å². The second-order valence-corrected chi connectivity index (χ2v) is 3.76. The lowest BCUT2D eigenvalue weighted by Gasteiger charge is -2.17. The Hall–Kier alpha value is -1.69. The molecule has 86 valence electrons. The summed E-state index contributed by atoms with van der Waals surface area (Å²) in [6.07, 6.45) is 4.56. The predicted molar refractivity (Wildman–Crippen MR) is 62.5 cm³/mol. The maximum atomic E-state index is 5.49. The predicted octanol–water partition coefficient (Wildman–Crippen LogP) is 0.218. The largest absolute Gasteiger partial charge is 0.356 e. The molecule has 2 rings (SSSR count). The Morgan fingerprint density at radius 2 is 2.25 bits per heavy atom. The molecule has 0 aliphatic heterocycles. The fourth-order valence-electron chi connectivity index (χ4n) is 1.63. The first kappa shape index (κ1) is 10.8. The Balaban J connectivity index is 2.36. The minimum atomic E-state index is 0.680. The van der Waals surface area contributed by atoms with Crippen molar-refractivity contribution < 1.29 is 0 Å². The SMILES string of the molecule is Cc1nnc2c(N(C)CCCN)nccn12. The topological polar surface area (TPSA) is 72.3 Å². The Morgan fingerprint density at radius 3 is 3.00 bits per heavy atom. The molecular weight excluding hydrogens is 204 g/mol. The molecule has 16 heavy (non-hydrogen) atoms. The van der Waals surface area contributed by atoms with E-state index in [-0.39, 0.29) is 0 Å². The normalized spacial score (nSPS) is 10.9. The number of nitrogens with two attached hydrogens (primary N) is 1. The molecule has 0 unspecified atom stereocenters. The van der Waals surface area contributed by atoms with E-state index < -0.39 is 0 Å². The average molecular weight is 220 g/mol. The number of aryl methyl sites for hydroxylation is 1. The standard InChI is InChI=1S/C10H16N6/c1-8-13-14-10-9(12-5-7-16(8)10)15(2)6-3-4-11/h5,7H,3-4,6,11H2,1-2H3. The first-order valence-corrected chi connectivity index (χ1v) is 5.31. The van der Waals surface area contributed by atoms with Gasteiger partial charge in [-0.05, 0) is 19.9 Å². The molecule has 6 nitrogen and oxygen atoms in total. The molecular formula is C10H16N6. The van der Waals surface area contributed by atoms with Gasteiger partial charge in [0, 0.05) is 26.0 Å². The van der Waals surface area contributed by atoms with Crippen LogP contribution in [0.4, 0.5) is 5.82 Å². The lowest BCUT2D eigenvalue weighted by atomic mass is 10.4. The van der Waals surface area contributed by atoms with Crippen LogP contribution in [0.15, 0.2) is 12.4 Å². The van der Waals surface area contributed by atoms with E-state index in [1.165, 1.54) is 0 Å². The van der Waals surface area contributed by atoms with Crippen LogP contribution in [-0.2, 0) is 0 Å². The fourth-order valence-corrected chi connectivity index (χ4v) is 1.63. The number of hydrogen-bond acceptors (Lipinski definition) is 5. The molecule has 0 saturated heterocycles. The highest BCUT2D eigenvalue weighted by Crippen LogP contribution is 2.15. The van der Waals surface area contributed by atoms with Gasteiger partial charge in [-0.25, -0.2) is 4.98 Å². The van der Waals surface area contributed by atoms with Gasteiger partial charge in [0.25, 0.3) is 0 Å². The first-order chi connectivity index (χ1) is 7.74. The maximum Gasteiger partial charge on any atom is 0.203 e. The number of rotatable bonds is 4. The smallest absolute Gasteiger partial charge is 0.203 e. The minimum absolute atomic E-state index is 0.680. The van der Waals surface area contributed by atoms with Gasteiger partial charge in [0.05, 0.1) is 0 Å². The third kappa shape index (κ3) is 1.83. The molecule has 0 atom stereocenters. The van der Waals surface area contributed by atoms with Crippen LogP contribution in [0.25, 0.3) is 5.65 Å². The van der Waals surface area contributed by atoms with Gasteiger partial charge in [0.15, 0.2) is 5.82 Å². The summed E-state index contributed by atoms with van der Waals surface area (Å²) in [7, 11) is 1.99. The van der Waals surface area contributed by atoms with Gasteiger partial charge >= 0.3 is 0 Å². The summed E-state index contributed by atoms with van der Waals surface area (Å²) in [5.74, 6) is 1.71. The first-order valence-electron chi connectivity index (χ1n) is 5.31. The van der Waals surface area contributed by atoms with Gasteiger partial charge in [-0.1, -0.05) is 0 Å². The molecule has 0 aromatic carbocycles. The van der Waals surface area contributed by atoms with Crippen molar-refractivity contribution in [2.45, 2.75) is 13.3 Å². The van der Waals surface area contributed by atoms with Crippen LogP contribution in [0.1, 0.15) is 12.2 Å². The van der Waals surface area contributed by atoms with Crippen molar-refractivity contribution in [1.29, 1.82) is 0 Å². The van der Waals surface area contributed by atoms with Gasteiger partial charge in [-0.3, -0.25) is 4.40 Å². The number of hydrogen-bond donors (Lipinski definition) is 1. The molecule has 0 amide bonds. The third-order valence-electron chi connectivity index (χ3n) is 2.54. The minimum Gasteiger partial charge on any atom is -0.356 e. The Kier molecular flexibility index (Phi) is 3.00. The van der Waals surface area contributed by atoms with E-state index >= 15 is 0 Å². The van der Waals surface area contributed by atoms with Crippen molar-refractivity contribution in [2.75, 3.05) is 25.0 Å². The summed E-state index contributed by atoms with van der Waals surface area (Å²) in [5, 5.41) is 8.17. The summed E-state index contributed by atoms with van der Waals surface area (Å²) in [6, 6.07) is 0. The van der Waals surface area contributed by atoms with Gasteiger partial charge in [-0.2, -0.15) is 0 Å². The summed E-state index contributed by atoms with van der Waals surface area (Å²) in [4.78, 5) is 6.39. The number of aromatic nitrogens is 4. The summed E-state index contributed by atoms with van der Waals surface area (Å²) in [6.45, 7) is 3.47. The Labute approximate surface area is 94.1 Å². The van der Waals surface area contributed by atoms with E-state index in [9.17, 15) is 0 Å². The molecule has 2 aromatic rings. The Morgan fingerprint density at radius 1 is 1.44 bits per heavy atom. The fraction of sp³-hybridized carbons (Fsp3) is 0.500. The highest BCUT2D eigenvalue weighted by Gasteiger charge is 2.10. The molecule has 2 aromatic heterocycles. The lowest BCUT2D eigenvalue weighted by Crippen LogP contribution is -2.22. The van der Waals surface area contributed by atoms with Crippen molar-refractivity contribution in [1.82, 2.24) is 19.6 Å². The zero-order chi connectivity index (χ0) is 11.5. The van der Waals surface area contributed by atoms with E-state index in [0.29, 0.717) is 6.54 Å². The zero-order valence-corrected chi connectivity index (χ0v) is 9.59. The van der Waals surface area contributed by atoms with Crippen LogP contribution in [0.5, 0.6) is 0 Å². The number of fused-ring (bicyclic) bond motifs is 1. The summed E-state index contributed by atoms with van der Waals surface area (Å²) in [5.41, 5.74) is 6.28. The van der Waals surface area contributed by atoms with Crippen LogP contribution in [0.2, 0.25) is 0 Å². The molecule has 0 spiro atoms. The van der Waals surface area contributed by atoms with Crippen LogP contribution < -0.4 is 10.6 Å². The number of nitrogens with zero attached hydrogens (tertiary/aromatic N) is 5. The van der Waals surface area contributed by atoms with Gasteiger partial charge in [0.1, 0.15) is 5.82 Å². The van der Waals surface area contributed by atoms with Crippen molar-refractivity contribution in [3.8, 4) is 0 Å². The molecule has 0 fully saturated rings. The van der Waals surface area contributed by atoms with E-state index in [0.717, 1.165) is 30.3 Å². The summed E-state index contributed by atoms with van der Waals surface area (Å²) >= 11 is 0. The lowest BCUT2D eigenvalue weighted by molar-refractivity contribution is 0.785. The summed E-state index contributed by atoms with van der Waals surface area (Å²) < 4.78 is 1.93. The van der Waals surface area contributed by atoms with E-state index in [4.69, 9.17) is 5.73 Å². The molecule has 0 saturated carbocycles. The molecule has 0 radical (unpaired) electrons. The molecule has 0 aliphatic rings. The molecule has 0 aliphatic carbocycles. The molecule has 0 bridgehead atoms. The van der Waals surface area contributed by atoms with Gasteiger partial charge < -0.3 is 10.6 Å². The highest BCUT2D eigenvalue weighted by molar-refractivity contribution is 5.63. The van der Waals surface area contributed by atoms with E-state index in [2.05, 4.69) is 20.1 Å². The quantitative estimate of drug-likeness (QED) is 0.798. The average Bonchev–Trinajstić information content (AvgIpc) is 2.68. The van der Waals surface area contributed by atoms with Crippen molar-refractivity contribution in [3.63, 3.8) is 0 Å². The zero-order valence-electron chi connectivity index (χ0n) is 9.59. The third-order valence-corrected chi connectivity index (χ3v) is 2.54. The Bertz CT molecular complexity index is 477. The highest BCUT2D eigenvalue weighted by atomic mass is 15.3. The van der Waals surface area contributed by atoms with E-state index in [1.54, 1.807) is 6.20 Å². The molecule has 2 heterocycles. The van der Waals surface area contributed by atoms with E-state index in [1.807, 2.05) is 24.6 Å². The van der Waals surface area contributed by atoms with Gasteiger partial charge in [0.2, 0.25) is 5.65 Å². The van der Waals surface area contributed by atoms with Crippen LogP contribution in [0, 0.1) is 6.92 Å². The van der Waals surface area contributed by atoms with Gasteiger partial charge in [-0.15, -0.1) is 10.2 Å². The monoisotopic (exact) mass is 220 g/mol. The second-order valence-electron chi connectivity index (χ2n) is 3.76. The van der Waals surface area contributed by atoms with Crippen LogP contribution in [0.3, 0.4) is 0 Å². The second kappa shape index (κ2) is 4.44. The van der Waals surface area contributed by atoms with Crippen molar-refractivity contribution in [3.05, 3.63) is 18.2 Å².